The van der Waals surface area contributed by atoms with E-state index in [0.29, 0.717) is 0 Å². The van der Waals surface area contributed by atoms with Gasteiger partial charge in [-0.2, -0.15) is 8.42 Å². The number of hydrogen-bond acceptors (Lipinski definition) is 6. The summed E-state index contributed by atoms with van der Waals surface area (Å²) in [5.41, 5.74) is 0. The van der Waals surface area contributed by atoms with Crippen molar-refractivity contribution in [2.75, 3.05) is 11.7 Å². The molecule has 1 N–H and O–H groups in total. The zero-order chi connectivity index (χ0) is 12.1. The maximum atomic E-state index is 11.1. The van der Waals surface area contributed by atoms with Gasteiger partial charge >= 0.3 is 16.1 Å². The summed E-state index contributed by atoms with van der Waals surface area (Å²) >= 11 is 0.949. The molecule has 0 aromatic heterocycles. The van der Waals surface area contributed by atoms with Gasteiger partial charge in [-0.15, -0.1) is 0 Å². The van der Waals surface area contributed by atoms with Crippen molar-refractivity contribution in [2.24, 2.45) is 5.92 Å². The number of rotatable bonds is 5. The quantitative estimate of drug-likeness (QED) is 0.557. The summed E-state index contributed by atoms with van der Waals surface area (Å²) in [4.78, 5) is 21.6. The highest BCUT2D eigenvalue weighted by molar-refractivity contribution is 8.13. The highest BCUT2D eigenvalue weighted by Crippen LogP contribution is 2.10. The Bertz CT molecular complexity index is 333. The summed E-state index contributed by atoms with van der Waals surface area (Å²) in [6, 6.07) is 0. The third-order valence-corrected chi connectivity index (χ3v) is 2.78. The molecule has 88 valence electrons. The summed E-state index contributed by atoms with van der Waals surface area (Å²) in [7, 11) is -4.30. The lowest BCUT2D eigenvalue weighted by Gasteiger charge is -2.08. The van der Waals surface area contributed by atoms with Crippen LogP contribution < -0.4 is 0 Å². The minimum absolute atomic E-state index is 0.135. The molecule has 0 spiro atoms. The van der Waals surface area contributed by atoms with Crippen molar-refractivity contribution in [3.8, 4) is 0 Å². The molecule has 0 rings (SSSR count). The fourth-order valence-electron chi connectivity index (χ4n) is 0.585. The van der Waals surface area contributed by atoms with Crippen LogP contribution in [0.5, 0.6) is 0 Å². The third-order valence-electron chi connectivity index (χ3n) is 1.29. The monoisotopic (exact) mass is 256 g/mol. The van der Waals surface area contributed by atoms with E-state index in [9.17, 15) is 18.0 Å². The molecule has 0 heterocycles. The molecule has 8 heteroatoms. The molecule has 0 unspecified atom stereocenters. The zero-order valence-corrected chi connectivity index (χ0v) is 9.93. The molecular weight excluding hydrogens is 244 g/mol. The highest BCUT2D eigenvalue weighted by Gasteiger charge is 2.17. The van der Waals surface area contributed by atoms with Crippen LogP contribution in [0.2, 0.25) is 0 Å². The van der Waals surface area contributed by atoms with Crippen LogP contribution in [0.25, 0.3) is 0 Å². The first-order valence-corrected chi connectivity index (χ1v) is 6.57. The van der Waals surface area contributed by atoms with Crippen LogP contribution in [-0.4, -0.2) is 35.7 Å². The fraction of sp³-hybridized carbons (Fsp3) is 0.714. The van der Waals surface area contributed by atoms with Crippen molar-refractivity contribution in [2.45, 2.75) is 13.8 Å². The lowest BCUT2D eigenvalue weighted by atomic mass is 10.2. The summed E-state index contributed by atoms with van der Waals surface area (Å²) < 4.78 is 33.1. The smallest absolute Gasteiger partial charge is 0.310 e. The van der Waals surface area contributed by atoms with E-state index in [1.807, 2.05) is 0 Å². The maximum absolute atomic E-state index is 11.1. The predicted molar refractivity (Wildman–Crippen MR) is 54.8 cm³/mol. The molecule has 0 aromatic rings. The molecule has 0 aliphatic rings. The number of esters is 1. The highest BCUT2D eigenvalue weighted by atomic mass is 32.2. The van der Waals surface area contributed by atoms with E-state index in [-0.39, 0.29) is 10.9 Å². The van der Waals surface area contributed by atoms with Gasteiger partial charge in [0.05, 0.1) is 5.92 Å². The van der Waals surface area contributed by atoms with Gasteiger partial charge in [0, 0.05) is 12.7 Å². The first kappa shape index (κ1) is 14.4. The Morgan fingerprint density at radius 2 is 2.00 bits per heavy atom. The third kappa shape index (κ3) is 8.40. The average Bonchev–Trinajstić information content (AvgIpc) is 2.08. The number of hydrogen-bond donors (Lipinski definition) is 1. The SMILES string of the molecule is CC(=O)SC[C@@H](C)C(=O)OCS(=O)(=O)O. The van der Waals surface area contributed by atoms with Gasteiger partial charge in [-0.3, -0.25) is 14.1 Å². The molecule has 15 heavy (non-hydrogen) atoms. The van der Waals surface area contributed by atoms with Crippen LogP contribution >= 0.6 is 11.8 Å². The molecule has 0 aliphatic heterocycles. The van der Waals surface area contributed by atoms with Crippen molar-refractivity contribution in [3.05, 3.63) is 0 Å². The van der Waals surface area contributed by atoms with Gasteiger partial charge < -0.3 is 4.74 Å². The van der Waals surface area contributed by atoms with Gasteiger partial charge in [0.2, 0.25) is 5.94 Å². The van der Waals surface area contributed by atoms with Gasteiger partial charge in [0.25, 0.3) is 0 Å². The van der Waals surface area contributed by atoms with E-state index in [1.165, 1.54) is 13.8 Å². The van der Waals surface area contributed by atoms with Crippen LogP contribution in [0.1, 0.15) is 13.8 Å². The van der Waals surface area contributed by atoms with Gasteiger partial charge in [0.15, 0.2) is 5.12 Å². The standard InChI is InChI=1S/C7H12O6S2/c1-5(3-14-6(2)8)7(9)13-4-15(10,11)12/h5H,3-4H2,1-2H3,(H,10,11,12)/t5-/m1/s1. The molecule has 6 nitrogen and oxygen atoms in total. The summed E-state index contributed by atoms with van der Waals surface area (Å²) in [5, 5.41) is -0.135. The largest absolute Gasteiger partial charge is 0.446 e. The van der Waals surface area contributed by atoms with E-state index >= 15 is 0 Å². The number of carbonyl (C=O) groups is 2. The molecule has 0 saturated carbocycles. The van der Waals surface area contributed by atoms with Crippen molar-refractivity contribution in [3.63, 3.8) is 0 Å². The van der Waals surface area contributed by atoms with Crippen LogP contribution in [-0.2, 0) is 24.4 Å². The predicted octanol–water partition coefficient (Wildman–Crippen LogP) is 0.291. The number of carbonyl (C=O) groups excluding carboxylic acids is 2. The second-order valence-electron chi connectivity index (χ2n) is 2.87. The van der Waals surface area contributed by atoms with Crippen molar-refractivity contribution in [1.29, 1.82) is 0 Å². The van der Waals surface area contributed by atoms with E-state index < -0.39 is 27.9 Å². The summed E-state index contributed by atoms with van der Waals surface area (Å²) in [6.07, 6.45) is 0. The van der Waals surface area contributed by atoms with Gasteiger partial charge in [-0.05, 0) is 0 Å². The average molecular weight is 256 g/mol. The molecule has 0 radical (unpaired) electrons. The second-order valence-corrected chi connectivity index (χ2v) is 5.46. The van der Waals surface area contributed by atoms with Crippen LogP contribution in [0.15, 0.2) is 0 Å². The number of ether oxygens (including phenoxy) is 1. The summed E-state index contributed by atoms with van der Waals surface area (Å²) in [6.45, 7) is 2.86. The molecule has 0 saturated heterocycles. The Labute approximate surface area is 92.1 Å². The minimum atomic E-state index is -4.30. The van der Waals surface area contributed by atoms with Crippen LogP contribution in [0, 0.1) is 5.92 Å². The maximum Gasteiger partial charge on any atom is 0.310 e. The lowest BCUT2D eigenvalue weighted by Crippen LogP contribution is -2.21. The van der Waals surface area contributed by atoms with E-state index in [4.69, 9.17) is 4.55 Å². The Morgan fingerprint density at radius 1 is 1.47 bits per heavy atom. The van der Waals surface area contributed by atoms with Crippen LogP contribution in [0.3, 0.4) is 0 Å². The van der Waals surface area contributed by atoms with Crippen molar-refractivity contribution in [1.82, 2.24) is 0 Å². The second kappa shape index (κ2) is 6.09. The molecule has 1 atom stereocenters. The Balaban J connectivity index is 3.95. The first-order valence-electron chi connectivity index (χ1n) is 3.97. The first-order chi connectivity index (χ1) is 6.72. The van der Waals surface area contributed by atoms with E-state index in [2.05, 4.69) is 4.74 Å². The molecule has 0 amide bonds. The van der Waals surface area contributed by atoms with E-state index in [0.717, 1.165) is 11.8 Å². The Kier molecular flexibility index (Phi) is 5.84. The minimum Gasteiger partial charge on any atom is -0.446 e. The normalized spacial score (nSPS) is 13.3. The molecule has 0 fully saturated rings. The topological polar surface area (TPSA) is 97.7 Å². The summed E-state index contributed by atoms with van der Waals surface area (Å²) in [5.74, 6) is -2.19. The number of thioether (sulfide) groups is 1. The molecule has 0 bridgehead atoms. The van der Waals surface area contributed by atoms with Gasteiger partial charge in [-0.25, -0.2) is 0 Å². The van der Waals surface area contributed by atoms with Crippen molar-refractivity contribution < 1.29 is 27.3 Å². The molecule has 0 aliphatic carbocycles. The Morgan fingerprint density at radius 3 is 2.40 bits per heavy atom. The van der Waals surface area contributed by atoms with Crippen molar-refractivity contribution >= 4 is 33.0 Å². The molecular formula is C7H12O6S2. The zero-order valence-electron chi connectivity index (χ0n) is 8.30. The van der Waals surface area contributed by atoms with E-state index in [1.54, 1.807) is 0 Å². The van der Waals surface area contributed by atoms with Gasteiger partial charge in [-0.1, -0.05) is 18.7 Å². The van der Waals surface area contributed by atoms with Gasteiger partial charge in [0.1, 0.15) is 0 Å². The Hall–Kier alpha value is -0.600. The van der Waals surface area contributed by atoms with Crippen LogP contribution in [0.4, 0.5) is 0 Å². The lowest BCUT2D eigenvalue weighted by molar-refractivity contribution is -0.145. The molecule has 0 aromatic carbocycles. The fourth-order valence-corrected chi connectivity index (χ4v) is 1.47.